The van der Waals surface area contributed by atoms with Crippen LogP contribution in [0.4, 0.5) is 11.4 Å². The molecule has 0 aliphatic carbocycles. The molecule has 4 N–H and O–H groups in total. The Morgan fingerprint density at radius 3 is 1.78 bits per heavy atom. The van der Waals surface area contributed by atoms with Gasteiger partial charge in [0, 0.05) is 17.4 Å². The van der Waals surface area contributed by atoms with Gasteiger partial charge in [-0.1, -0.05) is 50.5 Å². The fraction of sp³-hybridized carbons (Fsp3) is 0.333. The minimum absolute atomic E-state index is 0.0335. The number of hydrogen-bond donors (Lipinski definition) is 2. The van der Waals surface area contributed by atoms with Crippen LogP contribution in [0.2, 0.25) is 0 Å². The third-order valence-corrected chi connectivity index (χ3v) is 5.97. The van der Waals surface area contributed by atoms with Crippen molar-refractivity contribution in [3.63, 3.8) is 0 Å². The lowest BCUT2D eigenvalue weighted by atomic mass is 9.97. The summed E-state index contributed by atoms with van der Waals surface area (Å²) < 4.78 is 6.57. The van der Waals surface area contributed by atoms with Crippen molar-refractivity contribution in [1.82, 2.24) is 4.57 Å². The Kier molecular flexibility index (Phi) is 5.80. The molecule has 0 aliphatic rings. The van der Waals surface area contributed by atoms with Crippen molar-refractivity contribution < 1.29 is 4.74 Å². The van der Waals surface area contributed by atoms with Gasteiger partial charge in [-0.3, -0.25) is 23.7 Å². The Balaban J connectivity index is 1.86. The Morgan fingerprint density at radius 1 is 0.750 bits per heavy atom. The van der Waals surface area contributed by atoms with Crippen LogP contribution in [0.15, 0.2) is 43.4 Å². The molecule has 0 bridgehead atoms. The first kappa shape index (κ1) is 21.7. The molecular weight excluding hydrogens is 410 g/mol. The van der Waals surface area contributed by atoms with Gasteiger partial charge in [-0.05, 0) is 6.42 Å². The Bertz CT molecular complexity index is 1440. The van der Waals surface area contributed by atoms with Crippen LogP contribution in [0, 0.1) is 0 Å². The number of unbranched alkanes of at least 4 members (excludes halogenated alkanes) is 3. The number of hydrogen-bond acceptors (Lipinski definition) is 7. The molecule has 0 aliphatic heterocycles. The Morgan fingerprint density at radius 2 is 1.28 bits per heavy atom. The lowest BCUT2D eigenvalue weighted by Gasteiger charge is -2.07. The largest absolute Gasteiger partial charge is 0.397 e. The fourth-order valence-corrected chi connectivity index (χ4v) is 4.31. The summed E-state index contributed by atoms with van der Waals surface area (Å²) in [5.41, 5.74) is 9.81. The number of rotatable bonds is 8. The molecule has 0 fully saturated rings. The molecule has 1 aromatic heterocycles. The van der Waals surface area contributed by atoms with Crippen LogP contribution in [-0.2, 0) is 11.3 Å². The number of benzene rings is 3. The zero-order chi connectivity index (χ0) is 23.0. The van der Waals surface area contributed by atoms with Crippen molar-refractivity contribution in [3.8, 4) is 0 Å². The highest BCUT2D eigenvalue weighted by Gasteiger charge is 2.25. The molecule has 8 nitrogen and oxygen atoms in total. The monoisotopic (exact) mass is 435 g/mol. The van der Waals surface area contributed by atoms with Gasteiger partial charge in [-0.2, -0.15) is 0 Å². The summed E-state index contributed by atoms with van der Waals surface area (Å²) in [6.07, 6.45) is 4.23. The van der Waals surface area contributed by atoms with Crippen LogP contribution in [-0.4, -0.2) is 17.8 Å². The first-order chi connectivity index (χ1) is 15.4. The van der Waals surface area contributed by atoms with E-state index < -0.39 is 22.0 Å². The van der Waals surface area contributed by atoms with E-state index in [1.165, 1.54) is 12.1 Å². The van der Waals surface area contributed by atoms with Gasteiger partial charge in [-0.15, -0.1) is 0 Å². The van der Waals surface area contributed by atoms with E-state index in [0.29, 0.717) is 6.61 Å². The average molecular weight is 435 g/mol. The smallest absolute Gasteiger partial charge is 0.263 e. The summed E-state index contributed by atoms with van der Waals surface area (Å²) in [6.45, 7) is 2.88. The van der Waals surface area contributed by atoms with Gasteiger partial charge in [0.05, 0.1) is 46.1 Å². The molecular formula is C24H25N3O5. The molecule has 0 unspecified atom stereocenters. The number of nitrogens with two attached hydrogens (primary N) is 2. The fourth-order valence-electron chi connectivity index (χ4n) is 4.31. The zero-order valence-electron chi connectivity index (χ0n) is 17.9. The van der Waals surface area contributed by atoms with Crippen LogP contribution in [0.5, 0.6) is 0 Å². The second-order valence-electron chi connectivity index (χ2n) is 7.97. The molecule has 0 spiro atoms. The third kappa shape index (κ3) is 3.27. The second-order valence-corrected chi connectivity index (χ2v) is 7.97. The van der Waals surface area contributed by atoms with Gasteiger partial charge < -0.3 is 16.2 Å². The second kappa shape index (κ2) is 8.55. The SMILES string of the molecule is CCCCCCOCCn1c(=O)c2c(N)c3c(=O)c4ccccc4c(=O)c3c(N)c2c1=O. The molecule has 1 heterocycles. The lowest BCUT2D eigenvalue weighted by Crippen LogP contribution is -2.27. The van der Waals surface area contributed by atoms with Gasteiger partial charge >= 0.3 is 0 Å². The summed E-state index contributed by atoms with van der Waals surface area (Å²) in [7, 11) is 0. The summed E-state index contributed by atoms with van der Waals surface area (Å²) in [4.78, 5) is 52.2. The minimum atomic E-state index is -0.634. The summed E-state index contributed by atoms with van der Waals surface area (Å²) in [5.74, 6) is 0. The normalized spacial score (nSPS) is 11.8. The molecule has 0 saturated heterocycles. The van der Waals surface area contributed by atoms with E-state index in [4.69, 9.17) is 16.2 Å². The third-order valence-electron chi connectivity index (χ3n) is 5.97. The number of nitrogen functional groups attached to an aromatic ring is 2. The standard InChI is InChI=1S/C24H25N3O5/c1-2-3-4-7-11-32-12-10-27-23(30)17-18(24(27)31)20(26)16-15(19(17)25)21(28)13-8-5-6-9-14(13)22(16)29/h5-6,8-9H,2-4,7,10-12,25-26H2,1H3. The predicted molar refractivity (Wildman–Crippen MR) is 128 cm³/mol. The van der Waals surface area contributed by atoms with Crippen molar-refractivity contribution in [1.29, 1.82) is 0 Å². The highest BCUT2D eigenvalue weighted by molar-refractivity contribution is 6.20. The maximum atomic E-state index is 13.1. The van der Waals surface area contributed by atoms with E-state index in [-0.39, 0.29) is 56.8 Å². The quantitative estimate of drug-likeness (QED) is 0.187. The van der Waals surface area contributed by atoms with E-state index in [9.17, 15) is 19.2 Å². The van der Waals surface area contributed by atoms with Crippen LogP contribution < -0.4 is 33.4 Å². The predicted octanol–water partition coefficient (Wildman–Crippen LogP) is 2.03. The Labute approximate surface area is 182 Å². The summed E-state index contributed by atoms with van der Waals surface area (Å²) >= 11 is 0. The summed E-state index contributed by atoms with van der Waals surface area (Å²) in [6, 6.07) is 6.33. The van der Waals surface area contributed by atoms with Gasteiger partial charge in [0.2, 0.25) is 0 Å². The average Bonchev–Trinajstić information content (AvgIpc) is 3.04. The van der Waals surface area contributed by atoms with Gasteiger partial charge in [0.25, 0.3) is 11.1 Å². The number of ether oxygens (including phenoxy) is 1. The number of anilines is 2. The van der Waals surface area contributed by atoms with E-state index in [2.05, 4.69) is 6.92 Å². The zero-order valence-corrected chi connectivity index (χ0v) is 17.9. The molecule has 32 heavy (non-hydrogen) atoms. The van der Waals surface area contributed by atoms with Gasteiger partial charge in [-0.25, -0.2) is 0 Å². The highest BCUT2D eigenvalue weighted by atomic mass is 16.5. The van der Waals surface area contributed by atoms with E-state index in [1.54, 1.807) is 12.1 Å². The number of fused-ring (bicyclic) bond motifs is 3. The van der Waals surface area contributed by atoms with Gasteiger partial charge in [0.1, 0.15) is 0 Å². The molecule has 0 atom stereocenters. The maximum absolute atomic E-state index is 13.1. The van der Waals surface area contributed by atoms with Crippen LogP contribution in [0.25, 0.3) is 32.3 Å². The van der Waals surface area contributed by atoms with Crippen molar-refractivity contribution >= 4 is 43.7 Å². The van der Waals surface area contributed by atoms with Crippen LogP contribution in [0.3, 0.4) is 0 Å². The van der Waals surface area contributed by atoms with Crippen molar-refractivity contribution in [2.75, 3.05) is 24.7 Å². The highest BCUT2D eigenvalue weighted by Crippen LogP contribution is 2.31. The van der Waals surface area contributed by atoms with Crippen molar-refractivity contribution in [3.05, 3.63) is 65.4 Å². The first-order valence-electron chi connectivity index (χ1n) is 10.8. The molecule has 4 aromatic rings. The van der Waals surface area contributed by atoms with Crippen LogP contribution in [0.1, 0.15) is 32.6 Å². The van der Waals surface area contributed by atoms with E-state index >= 15 is 0 Å². The molecule has 0 amide bonds. The Hall–Kier alpha value is -3.52. The molecule has 0 saturated carbocycles. The minimum Gasteiger partial charge on any atom is -0.397 e. The lowest BCUT2D eigenvalue weighted by molar-refractivity contribution is 0.121. The molecule has 0 radical (unpaired) electrons. The first-order valence-corrected chi connectivity index (χ1v) is 10.8. The van der Waals surface area contributed by atoms with Gasteiger partial charge in [0.15, 0.2) is 10.9 Å². The number of nitrogens with zero attached hydrogens (tertiary/aromatic N) is 1. The topological polar surface area (TPSA) is 134 Å². The molecule has 8 heteroatoms. The van der Waals surface area contributed by atoms with Crippen molar-refractivity contribution in [2.24, 2.45) is 0 Å². The molecule has 3 aromatic carbocycles. The summed E-state index contributed by atoms with van der Waals surface area (Å²) in [5, 5.41) is -0.0630. The van der Waals surface area contributed by atoms with Crippen molar-refractivity contribution in [2.45, 2.75) is 39.2 Å². The maximum Gasteiger partial charge on any atom is 0.263 e. The molecule has 4 rings (SSSR count). The molecule has 166 valence electrons. The number of aromatic nitrogens is 1. The van der Waals surface area contributed by atoms with E-state index in [0.717, 1.165) is 30.3 Å². The van der Waals surface area contributed by atoms with Crippen LogP contribution >= 0.6 is 0 Å². The van der Waals surface area contributed by atoms with E-state index in [1.807, 2.05) is 0 Å².